The summed E-state index contributed by atoms with van der Waals surface area (Å²) >= 11 is 0. The number of imidazole rings is 1. The lowest BCUT2D eigenvalue weighted by atomic mass is 10.1. The highest BCUT2D eigenvalue weighted by atomic mass is 32.2. The zero-order chi connectivity index (χ0) is 29.6. The van der Waals surface area contributed by atoms with Crippen LogP contribution in [0.1, 0.15) is 12.8 Å². The number of pyridine rings is 1. The number of halogens is 2. The van der Waals surface area contributed by atoms with Crippen LogP contribution in [0.4, 0.5) is 14.6 Å². The summed E-state index contributed by atoms with van der Waals surface area (Å²) in [6.07, 6.45) is 6.59. The monoisotopic (exact) mass is 605 g/mol. The number of ether oxygens (including phenoxy) is 1. The van der Waals surface area contributed by atoms with Gasteiger partial charge in [0.25, 0.3) is 0 Å². The van der Waals surface area contributed by atoms with Gasteiger partial charge in [-0.05, 0) is 60.4 Å². The molecule has 10 nitrogen and oxygen atoms in total. The average Bonchev–Trinajstić information content (AvgIpc) is 3.62. The third kappa shape index (κ3) is 5.88. The van der Waals surface area contributed by atoms with Gasteiger partial charge in [-0.1, -0.05) is 6.07 Å². The molecular weight excluding hydrogens is 576 g/mol. The van der Waals surface area contributed by atoms with Crippen LogP contribution >= 0.6 is 0 Å². The number of hydrogen-bond acceptors (Lipinski definition) is 7. The molecule has 1 saturated heterocycles. The first kappa shape index (κ1) is 27.6. The molecule has 1 N–H and O–H groups in total. The Balaban J connectivity index is 1.20. The Kier molecular flexibility index (Phi) is 7.15. The molecule has 2 fully saturated rings. The van der Waals surface area contributed by atoms with Crippen molar-refractivity contribution in [2.24, 2.45) is 0 Å². The normalized spacial score (nSPS) is 16.1. The minimum Gasteiger partial charge on any atom is -0.379 e. The maximum atomic E-state index is 14.8. The molecule has 222 valence electrons. The first-order valence-electron chi connectivity index (χ1n) is 14.1. The number of rotatable bonds is 9. The Hall–Kier alpha value is -4.20. The van der Waals surface area contributed by atoms with Gasteiger partial charge in [0, 0.05) is 43.0 Å². The van der Waals surface area contributed by atoms with Crippen LogP contribution in [0.5, 0.6) is 0 Å². The lowest BCUT2D eigenvalue weighted by molar-refractivity contribution is 0.0360. The summed E-state index contributed by atoms with van der Waals surface area (Å²) in [5.74, 6) is -1.09. The number of hydrogen-bond donors (Lipinski definition) is 1. The second-order valence-electron chi connectivity index (χ2n) is 10.8. The lowest BCUT2D eigenvalue weighted by Gasteiger charge is -2.26. The summed E-state index contributed by atoms with van der Waals surface area (Å²) < 4.78 is 65.5. The smallest absolute Gasteiger partial charge is 0.236 e. The Labute approximate surface area is 247 Å². The van der Waals surface area contributed by atoms with Crippen LogP contribution in [0.25, 0.3) is 39.1 Å². The van der Waals surface area contributed by atoms with E-state index in [9.17, 15) is 17.2 Å². The molecule has 4 heterocycles. The molecule has 0 bridgehead atoms. The fraction of sp³-hybridized carbons (Fsp3) is 0.300. The van der Waals surface area contributed by atoms with Crippen molar-refractivity contribution in [3.63, 3.8) is 0 Å². The fourth-order valence-electron chi connectivity index (χ4n) is 5.26. The first-order valence-corrected chi connectivity index (χ1v) is 15.7. The van der Waals surface area contributed by atoms with Crippen molar-refractivity contribution >= 4 is 26.9 Å². The first-order chi connectivity index (χ1) is 20.8. The zero-order valence-corrected chi connectivity index (χ0v) is 24.0. The molecule has 1 saturated carbocycles. The molecule has 13 heteroatoms. The van der Waals surface area contributed by atoms with Crippen LogP contribution in [0, 0.1) is 11.6 Å². The summed E-state index contributed by atoms with van der Waals surface area (Å²) in [6.45, 7) is 5.06. The van der Waals surface area contributed by atoms with E-state index in [4.69, 9.17) is 4.74 Å². The van der Waals surface area contributed by atoms with Crippen LogP contribution in [-0.2, 0) is 21.3 Å². The maximum absolute atomic E-state index is 14.8. The molecule has 0 spiro atoms. The second kappa shape index (κ2) is 11.1. The van der Waals surface area contributed by atoms with Gasteiger partial charge < -0.3 is 4.74 Å². The summed E-state index contributed by atoms with van der Waals surface area (Å²) in [5, 5.41) is 4.06. The van der Waals surface area contributed by atoms with Crippen molar-refractivity contribution in [2.45, 2.75) is 24.6 Å². The van der Waals surface area contributed by atoms with Crippen molar-refractivity contribution in [1.29, 1.82) is 0 Å². The van der Waals surface area contributed by atoms with Crippen LogP contribution in [0.2, 0.25) is 0 Å². The van der Waals surface area contributed by atoms with Gasteiger partial charge in [0.2, 0.25) is 10.0 Å². The standard InChI is InChI=1S/C30H29F2N7O3S/c31-23-2-5-25(26(32)16-23)21-14-29(36-43(40,41)24-3-4-24)35-30(15-21)39-19-33-27-13-20(1-6-28(27)39)22-17-34-38(18-22)8-7-37-9-11-42-12-10-37/h1-2,5-6,13-19,24H,3-4,7-12H2,(H,35,36). The van der Waals surface area contributed by atoms with Crippen molar-refractivity contribution in [1.82, 2.24) is 29.2 Å². The molecule has 3 aromatic heterocycles. The largest absolute Gasteiger partial charge is 0.379 e. The van der Waals surface area contributed by atoms with E-state index in [-0.39, 0.29) is 11.4 Å². The molecule has 1 aliphatic carbocycles. The lowest BCUT2D eigenvalue weighted by Crippen LogP contribution is -2.38. The van der Waals surface area contributed by atoms with E-state index < -0.39 is 26.9 Å². The van der Waals surface area contributed by atoms with Gasteiger partial charge in [-0.25, -0.2) is 27.2 Å². The highest BCUT2D eigenvalue weighted by Gasteiger charge is 2.36. The van der Waals surface area contributed by atoms with Gasteiger partial charge in [0.1, 0.15) is 29.6 Å². The van der Waals surface area contributed by atoms with E-state index in [1.54, 1.807) is 17.0 Å². The Morgan fingerprint density at radius 3 is 2.58 bits per heavy atom. The maximum Gasteiger partial charge on any atom is 0.236 e. The molecule has 0 radical (unpaired) electrons. The summed E-state index contributed by atoms with van der Waals surface area (Å²) in [7, 11) is -3.64. The van der Waals surface area contributed by atoms with Gasteiger partial charge in [0.05, 0.1) is 42.2 Å². The number of fused-ring (bicyclic) bond motifs is 1. The van der Waals surface area contributed by atoms with Crippen LogP contribution in [0.3, 0.4) is 0 Å². The van der Waals surface area contributed by atoms with Crippen LogP contribution in [0.15, 0.2) is 67.3 Å². The highest BCUT2D eigenvalue weighted by molar-refractivity contribution is 7.93. The minimum atomic E-state index is -3.64. The molecule has 1 aliphatic heterocycles. The molecular formula is C30H29F2N7O3S. The Morgan fingerprint density at radius 1 is 0.953 bits per heavy atom. The number of nitrogens with one attached hydrogen (secondary N) is 1. The van der Waals surface area contributed by atoms with Crippen molar-refractivity contribution in [2.75, 3.05) is 37.6 Å². The van der Waals surface area contributed by atoms with E-state index in [0.717, 1.165) is 68.2 Å². The molecule has 5 aromatic rings. The molecule has 7 rings (SSSR count). The van der Waals surface area contributed by atoms with Gasteiger partial charge in [-0.2, -0.15) is 5.10 Å². The van der Waals surface area contributed by atoms with Crippen molar-refractivity contribution in [3.05, 3.63) is 78.9 Å². The number of morpholine rings is 1. The van der Waals surface area contributed by atoms with E-state index in [0.29, 0.717) is 29.7 Å². The third-order valence-electron chi connectivity index (χ3n) is 7.77. The zero-order valence-electron chi connectivity index (χ0n) is 23.2. The van der Waals surface area contributed by atoms with Crippen LogP contribution in [-0.4, -0.2) is 75.7 Å². The number of benzene rings is 2. The fourth-order valence-corrected chi connectivity index (χ4v) is 6.58. The third-order valence-corrected chi connectivity index (χ3v) is 9.62. The quantitative estimate of drug-likeness (QED) is 0.264. The SMILES string of the molecule is O=S(=O)(Nc1cc(-c2ccc(F)cc2F)cc(-n2cnc3cc(-c4cnn(CCN5CCOCC5)c4)ccc32)n1)C1CC1. The molecule has 2 aromatic carbocycles. The van der Waals surface area contributed by atoms with Gasteiger partial charge in [-0.15, -0.1) is 0 Å². The number of sulfonamides is 1. The predicted octanol–water partition coefficient (Wildman–Crippen LogP) is 4.47. The summed E-state index contributed by atoms with van der Waals surface area (Å²) in [4.78, 5) is 11.5. The average molecular weight is 606 g/mol. The molecule has 0 atom stereocenters. The highest BCUT2D eigenvalue weighted by Crippen LogP contribution is 2.33. The van der Waals surface area contributed by atoms with Gasteiger partial charge in [-0.3, -0.25) is 18.9 Å². The molecule has 0 unspecified atom stereocenters. The second-order valence-corrected chi connectivity index (χ2v) is 12.8. The summed E-state index contributed by atoms with van der Waals surface area (Å²) in [6, 6.07) is 12.2. The van der Waals surface area contributed by atoms with Crippen molar-refractivity contribution < 1.29 is 21.9 Å². The summed E-state index contributed by atoms with van der Waals surface area (Å²) in [5.41, 5.74) is 3.79. The number of aromatic nitrogens is 5. The topological polar surface area (TPSA) is 107 Å². The number of anilines is 1. The van der Waals surface area contributed by atoms with Gasteiger partial charge >= 0.3 is 0 Å². The molecule has 43 heavy (non-hydrogen) atoms. The Bertz CT molecular complexity index is 1910. The Morgan fingerprint density at radius 2 is 1.79 bits per heavy atom. The van der Waals surface area contributed by atoms with Crippen molar-refractivity contribution in [3.8, 4) is 28.1 Å². The van der Waals surface area contributed by atoms with E-state index in [2.05, 4.69) is 24.7 Å². The predicted molar refractivity (Wildman–Crippen MR) is 158 cm³/mol. The molecule has 2 aliphatic rings. The van der Waals surface area contributed by atoms with E-state index in [1.165, 1.54) is 12.1 Å². The minimum absolute atomic E-state index is 0.0473. The van der Waals surface area contributed by atoms with Gasteiger partial charge in [0.15, 0.2) is 0 Å². The number of nitrogens with zero attached hydrogens (tertiary/aromatic N) is 6. The van der Waals surface area contributed by atoms with E-state index in [1.807, 2.05) is 35.3 Å². The van der Waals surface area contributed by atoms with E-state index >= 15 is 0 Å². The molecule has 0 amide bonds. The van der Waals surface area contributed by atoms with Crippen LogP contribution < -0.4 is 4.72 Å².